The second kappa shape index (κ2) is 13.8. The summed E-state index contributed by atoms with van der Waals surface area (Å²) in [5.41, 5.74) is 5.88. The minimum atomic E-state index is -4.34. The molecule has 0 spiro atoms. The van der Waals surface area contributed by atoms with Gasteiger partial charge < -0.3 is 35.8 Å². The van der Waals surface area contributed by atoms with E-state index in [-0.39, 0.29) is 18.7 Å². The number of benzene rings is 2. The van der Waals surface area contributed by atoms with E-state index in [9.17, 15) is 23.7 Å². The van der Waals surface area contributed by atoms with Crippen LogP contribution < -0.4 is 16.4 Å². The van der Waals surface area contributed by atoms with Gasteiger partial charge in [0.25, 0.3) is 0 Å². The fourth-order valence-electron chi connectivity index (χ4n) is 4.43. The molecule has 2 aromatic rings. The molecule has 39 heavy (non-hydrogen) atoms. The molecule has 0 aliphatic carbocycles. The van der Waals surface area contributed by atoms with Crippen LogP contribution in [0.15, 0.2) is 42.5 Å². The van der Waals surface area contributed by atoms with E-state index >= 15 is 0 Å². The minimum Gasteiger partial charge on any atom is -0.453 e. The van der Waals surface area contributed by atoms with Crippen molar-refractivity contribution in [1.29, 1.82) is 0 Å². The first-order valence-electron chi connectivity index (χ1n) is 12.3. The molecule has 1 saturated heterocycles. The summed E-state index contributed by atoms with van der Waals surface area (Å²) in [4.78, 5) is 70.5. The van der Waals surface area contributed by atoms with E-state index in [4.69, 9.17) is 15.5 Å². The number of thioether (sulfide) groups is 1. The van der Waals surface area contributed by atoms with E-state index in [1.165, 1.54) is 4.90 Å². The number of nitrogens with one attached hydrogen (secondary N) is 2. The summed E-state index contributed by atoms with van der Waals surface area (Å²) in [6.07, 6.45) is 0.882. The molecule has 3 atom stereocenters. The molecule has 4 amide bonds. The summed E-state index contributed by atoms with van der Waals surface area (Å²) in [6, 6.07) is 10.3. The van der Waals surface area contributed by atoms with Crippen LogP contribution in [-0.2, 0) is 30.1 Å². The molecule has 1 fully saturated rings. The number of fused-ring (bicyclic) bond motifs is 1. The highest BCUT2D eigenvalue weighted by Crippen LogP contribution is 2.38. The lowest BCUT2D eigenvalue weighted by molar-refractivity contribution is -0.144. The SMILES string of the molecule is COC(=O)NC(CSCP(=O)(O)O)C(=O)N1CCCCC1C(=O)NC(Cc1ccc2ccccc2c1)C(N)=O. The van der Waals surface area contributed by atoms with Gasteiger partial charge in [-0.25, -0.2) is 4.79 Å². The Morgan fingerprint density at radius 2 is 1.82 bits per heavy atom. The third kappa shape index (κ3) is 8.96. The van der Waals surface area contributed by atoms with E-state index in [1.54, 1.807) is 0 Å². The van der Waals surface area contributed by atoms with E-state index in [1.807, 2.05) is 42.5 Å². The van der Waals surface area contributed by atoms with Crippen LogP contribution in [0.2, 0.25) is 0 Å². The highest BCUT2D eigenvalue weighted by Gasteiger charge is 2.37. The van der Waals surface area contributed by atoms with Gasteiger partial charge in [0.15, 0.2) is 0 Å². The molecule has 1 aliphatic rings. The summed E-state index contributed by atoms with van der Waals surface area (Å²) >= 11 is 0.797. The standard InChI is InChI=1S/C25H33N4O8PS/c1-37-25(33)28-20(14-39-15-38(34,35)36)24(32)29-11-5-4-8-21(29)23(31)27-19(22(26)30)13-16-9-10-17-6-2-3-7-18(17)12-16/h2-3,6-7,9-10,12,19-21H,4-5,8,11,13-15H2,1H3,(H2,26,30)(H,27,31)(H,28,33)(H2,34,35,36). The monoisotopic (exact) mass is 580 g/mol. The van der Waals surface area contributed by atoms with Crippen molar-refractivity contribution >= 4 is 53.9 Å². The third-order valence-corrected chi connectivity index (χ3v) is 8.97. The lowest BCUT2D eigenvalue weighted by atomic mass is 9.98. The lowest BCUT2D eigenvalue weighted by Crippen LogP contribution is -2.60. The van der Waals surface area contributed by atoms with Crippen molar-refractivity contribution in [1.82, 2.24) is 15.5 Å². The Bertz CT molecular complexity index is 1260. The number of alkyl carbamates (subject to hydrolysis) is 1. The van der Waals surface area contributed by atoms with E-state index in [2.05, 4.69) is 15.4 Å². The first kappa shape index (κ1) is 30.4. The minimum absolute atomic E-state index is 0.143. The number of nitrogens with two attached hydrogens (primary N) is 1. The van der Waals surface area contributed by atoms with Gasteiger partial charge in [-0.3, -0.25) is 18.9 Å². The first-order chi connectivity index (χ1) is 18.5. The van der Waals surface area contributed by atoms with Crippen LogP contribution in [0.25, 0.3) is 10.8 Å². The molecule has 1 heterocycles. The van der Waals surface area contributed by atoms with Crippen molar-refractivity contribution in [2.75, 3.05) is 24.9 Å². The fraction of sp³-hybridized carbons (Fsp3) is 0.440. The van der Waals surface area contributed by atoms with Gasteiger partial charge in [-0.1, -0.05) is 42.5 Å². The molecule has 14 heteroatoms. The Kier molecular flexibility index (Phi) is 10.8. The van der Waals surface area contributed by atoms with Crippen LogP contribution in [0.5, 0.6) is 0 Å². The quantitative estimate of drug-likeness (QED) is 0.244. The number of hydrogen-bond acceptors (Lipinski definition) is 7. The Hall–Kier alpha value is -3.12. The number of carbonyl (C=O) groups excluding carboxylic acids is 4. The number of nitrogens with zero attached hydrogens (tertiary/aromatic N) is 1. The number of likely N-dealkylation sites (tertiary alicyclic amines) is 1. The zero-order valence-electron chi connectivity index (χ0n) is 21.4. The Morgan fingerprint density at radius 3 is 2.49 bits per heavy atom. The number of hydrogen-bond donors (Lipinski definition) is 5. The molecule has 0 saturated carbocycles. The molecule has 2 aromatic carbocycles. The normalized spacial score (nSPS) is 17.2. The van der Waals surface area contributed by atoms with Crippen molar-refractivity contribution in [2.24, 2.45) is 5.73 Å². The number of carbonyl (C=O) groups is 4. The van der Waals surface area contributed by atoms with Crippen LogP contribution in [0, 0.1) is 0 Å². The number of primary amides is 1. The molecule has 6 N–H and O–H groups in total. The molecular formula is C25H33N4O8PS. The molecule has 3 rings (SSSR count). The fourth-order valence-corrected chi connectivity index (χ4v) is 6.26. The van der Waals surface area contributed by atoms with Gasteiger partial charge in [-0.2, -0.15) is 0 Å². The zero-order valence-corrected chi connectivity index (χ0v) is 23.2. The summed E-state index contributed by atoms with van der Waals surface area (Å²) in [6.45, 7) is 0.228. The smallest absolute Gasteiger partial charge is 0.407 e. The molecule has 12 nitrogen and oxygen atoms in total. The Morgan fingerprint density at radius 1 is 1.10 bits per heavy atom. The van der Waals surface area contributed by atoms with E-state index < -0.39 is 55.0 Å². The van der Waals surface area contributed by atoms with Gasteiger partial charge >= 0.3 is 13.7 Å². The molecule has 0 aromatic heterocycles. The summed E-state index contributed by atoms with van der Waals surface area (Å²) < 4.78 is 15.8. The average molecular weight is 581 g/mol. The van der Waals surface area contributed by atoms with Gasteiger partial charge in [0.2, 0.25) is 17.7 Å². The largest absolute Gasteiger partial charge is 0.453 e. The second-order valence-corrected chi connectivity index (χ2v) is 12.3. The van der Waals surface area contributed by atoms with Crippen LogP contribution in [0.1, 0.15) is 24.8 Å². The van der Waals surface area contributed by atoms with Crippen molar-refractivity contribution in [2.45, 2.75) is 43.8 Å². The van der Waals surface area contributed by atoms with Gasteiger partial charge in [-0.05, 0) is 35.6 Å². The highest BCUT2D eigenvalue weighted by molar-refractivity contribution is 8.04. The predicted octanol–water partition coefficient (Wildman–Crippen LogP) is 1.33. The second-order valence-electron chi connectivity index (χ2n) is 9.25. The third-order valence-electron chi connectivity index (χ3n) is 6.32. The maximum absolute atomic E-state index is 13.4. The number of methoxy groups -OCH3 is 1. The number of ether oxygens (including phenoxy) is 1. The molecule has 3 unspecified atom stereocenters. The van der Waals surface area contributed by atoms with Gasteiger partial charge in [0.05, 0.1) is 12.6 Å². The van der Waals surface area contributed by atoms with Crippen LogP contribution in [-0.4, -0.2) is 81.5 Å². The van der Waals surface area contributed by atoms with Crippen LogP contribution in [0.3, 0.4) is 0 Å². The van der Waals surface area contributed by atoms with Crippen molar-refractivity contribution in [3.05, 3.63) is 48.0 Å². The van der Waals surface area contributed by atoms with Crippen molar-refractivity contribution in [3.63, 3.8) is 0 Å². The van der Waals surface area contributed by atoms with Crippen LogP contribution >= 0.6 is 19.4 Å². The molecule has 0 radical (unpaired) electrons. The zero-order chi connectivity index (χ0) is 28.6. The molecule has 212 valence electrons. The number of piperidine rings is 1. The van der Waals surface area contributed by atoms with Gasteiger partial charge in [0, 0.05) is 18.7 Å². The summed E-state index contributed by atoms with van der Waals surface area (Å²) in [5, 5.41) is 7.09. The molecular weight excluding hydrogens is 547 g/mol. The summed E-state index contributed by atoms with van der Waals surface area (Å²) in [5.74, 6) is -2.00. The average Bonchev–Trinajstić information content (AvgIpc) is 2.90. The number of amides is 4. The first-order valence-corrected chi connectivity index (χ1v) is 15.3. The highest BCUT2D eigenvalue weighted by atomic mass is 32.2. The van der Waals surface area contributed by atoms with E-state index in [0.717, 1.165) is 35.2 Å². The van der Waals surface area contributed by atoms with Crippen LogP contribution in [0.4, 0.5) is 4.79 Å². The number of rotatable bonds is 11. The Balaban J connectivity index is 1.74. The maximum atomic E-state index is 13.4. The van der Waals surface area contributed by atoms with Gasteiger partial charge in [-0.15, -0.1) is 11.8 Å². The maximum Gasteiger partial charge on any atom is 0.407 e. The van der Waals surface area contributed by atoms with Crippen molar-refractivity contribution < 1.29 is 38.3 Å². The topological polar surface area (TPSA) is 188 Å². The predicted molar refractivity (Wildman–Crippen MR) is 147 cm³/mol. The Labute approximate surface area is 230 Å². The van der Waals surface area contributed by atoms with Crippen molar-refractivity contribution in [3.8, 4) is 0 Å². The van der Waals surface area contributed by atoms with E-state index in [0.29, 0.717) is 19.3 Å². The summed E-state index contributed by atoms with van der Waals surface area (Å²) in [7, 11) is -3.21. The molecule has 1 aliphatic heterocycles. The van der Waals surface area contributed by atoms with Gasteiger partial charge in [0.1, 0.15) is 18.1 Å². The molecule has 0 bridgehead atoms. The lowest BCUT2D eigenvalue weighted by Gasteiger charge is -2.37.